The molecule has 0 unspecified atom stereocenters. The quantitative estimate of drug-likeness (QED) is 0.145. The lowest BCUT2D eigenvalue weighted by atomic mass is 10.0. The van der Waals surface area contributed by atoms with E-state index in [1.807, 2.05) is 55.5 Å². The van der Waals surface area contributed by atoms with Crippen molar-refractivity contribution in [2.75, 3.05) is 6.61 Å². The molecule has 0 atom stereocenters. The molecular weight excluding hydrogens is 452 g/mol. The number of esters is 1. The number of hydrogen-bond donors (Lipinski definition) is 1. The molecule has 4 aromatic carbocycles. The maximum atomic E-state index is 12.7. The Morgan fingerprint density at radius 3 is 2.47 bits per heavy atom. The summed E-state index contributed by atoms with van der Waals surface area (Å²) in [6.45, 7) is 6.02. The smallest absolute Gasteiger partial charge is 0.344 e. The molecule has 0 aromatic heterocycles. The number of carbonyl (C=O) groups excluding carboxylic acids is 2. The highest BCUT2D eigenvalue weighted by Gasteiger charge is 2.12. The summed E-state index contributed by atoms with van der Waals surface area (Å²) in [4.78, 5) is 24.8. The number of nitrogens with one attached hydrogen (secondary N) is 1. The molecule has 36 heavy (non-hydrogen) atoms. The van der Waals surface area contributed by atoms with Gasteiger partial charge in [0.15, 0.2) is 6.61 Å². The maximum Gasteiger partial charge on any atom is 0.344 e. The van der Waals surface area contributed by atoms with Crippen LogP contribution < -0.4 is 14.9 Å². The second-order valence-corrected chi connectivity index (χ2v) is 8.75. The van der Waals surface area contributed by atoms with Crippen LogP contribution in [0.15, 0.2) is 90.0 Å². The van der Waals surface area contributed by atoms with E-state index >= 15 is 0 Å². The highest BCUT2D eigenvalue weighted by Crippen LogP contribution is 2.24. The minimum absolute atomic E-state index is 0.136. The number of carbonyl (C=O) groups is 2. The lowest BCUT2D eigenvalue weighted by Gasteiger charge is -2.12. The van der Waals surface area contributed by atoms with Crippen LogP contribution in [0.2, 0.25) is 0 Å². The highest BCUT2D eigenvalue weighted by molar-refractivity contribution is 6.05. The zero-order valence-electron chi connectivity index (χ0n) is 20.5. The van der Waals surface area contributed by atoms with Crippen LogP contribution in [0.4, 0.5) is 0 Å². The number of aryl methyl sites for hydroxylation is 1. The number of hydrogen-bond acceptors (Lipinski definition) is 5. The van der Waals surface area contributed by atoms with E-state index in [4.69, 9.17) is 9.47 Å². The first kappa shape index (κ1) is 24.7. The predicted molar refractivity (Wildman–Crippen MR) is 142 cm³/mol. The summed E-state index contributed by atoms with van der Waals surface area (Å²) in [6.07, 6.45) is 1.51. The van der Waals surface area contributed by atoms with Crippen molar-refractivity contribution in [1.29, 1.82) is 0 Å². The molecule has 0 saturated heterocycles. The Bertz CT molecular complexity index is 1400. The number of benzene rings is 4. The molecule has 1 N–H and O–H groups in total. The number of ether oxygens (including phenoxy) is 2. The number of rotatable bonds is 8. The van der Waals surface area contributed by atoms with Crippen molar-refractivity contribution >= 4 is 28.9 Å². The van der Waals surface area contributed by atoms with Crippen LogP contribution in [0.3, 0.4) is 0 Å². The van der Waals surface area contributed by atoms with Gasteiger partial charge in [-0.2, -0.15) is 5.10 Å². The summed E-state index contributed by atoms with van der Waals surface area (Å²) in [5.74, 6) is 0.700. The molecule has 0 aliphatic heterocycles. The molecule has 0 fully saturated rings. The Morgan fingerprint density at radius 2 is 1.69 bits per heavy atom. The molecule has 0 saturated carbocycles. The van der Waals surface area contributed by atoms with E-state index in [9.17, 15) is 9.59 Å². The third-order valence-electron chi connectivity index (χ3n) is 5.74. The van der Waals surface area contributed by atoms with Crippen molar-refractivity contribution in [1.82, 2.24) is 5.43 Å². The van der Waals surface area contributed by atoms with E-state index in [2.05, 4.69) is 30.4 Å². The predicted octanol–water partition coefficient (Wildman–Crippen LogP) is 6.02. The minimum Gasteiger partial charge on any atom is -0.483 e. The summed E-state index contributed by atoms with van der Waals surface area (Å²) in [6, 6.07) is 26.1. The zero-order valence-corrected chi connectivity index (χ0v) is 20.5. The third kappa shape index (κ3) is 6.16. The summed E-state index contributed by atoms with van der Waals surface area (Å²) in [7, 11) is 0. The van der Waals surface area contributed by atoms with Crippen LogP contribution in [0.1, 0.15) is 46.8 Å². The standard InChI is InChI=1S/C30H28N2O4/c1-20(2)24-14-11-21(3)28(17-24)35-19-29(33)32-31-18-22-12-15-25(16-13-22)36-30(34)27-10-6-8-23-7-4-5-9-26(23)27/h4-18,20H,19H2,1-3H3,(H,32,33). The second kappa shape index (κ2) is 11.3. The molecule has 0 aliphatic carbocycles. The van der Waals surface area contributed by atoms with Crippen LogP contribution in [-0.2, 0) is 4.79 Å². The number of nitrogens with zero attached hydrogens (tertiary/aromatic N) is 1. The zero-order chi connectivity index (χ0) is 25.5. The van der Waals surface area contributed by atoms with Gasteiger partial charge in [-0.3, -0.25) is 4.79 Å². The van der Waals surface area contributed by atoms with E-state index in [0.717, 1.165) is 27.5 Å². The van der Waals surface area contributed by atoms with Crippen LogP contribution in [0.5, 0.6) is 11.5 Å². The van der Waals surface area contributed by atoms with Gasteiger partial charge < -0.3 is 9.47 Å². The van der Waals surface area contributed by atoms with Gasteiger partial charge in [0.25, 0.3) is 5.91 Å². The summed E-state index contributed by atoms with van der Waals surface area (Å²) < 4.78 is 11.2. The van der Waals surface area contributed by atoms with Gasteiger partial charge in [-0.25, -0.2) is 10.2 Å². The average molecular weight is 481 g/mol. The second-order valence-electron chi connectivity index (χ2n) is 8.75. The Kier molecular flexibility index (Phi) is 7.75. The molecule has 6 nitrogen and oxygen atoms in total. The van der Waals surface area contributed by atoms with Crippen LogP contribution in [0.25, 0.3) is 10.8 Å². The highest BCUT2D eigenvalue weighted by atomic mass is 16.5. The number of amides is 1. The maximum absolute atomic E-state index is 12.7. The van der Waals surface area contributed by atoms with E-state index in [0.29, 0.717) is 23.0 Å². The number of hydrazone groups is 1. The lowest BCUT2D eigenvalue weighted by molar-refractivity contribution is -0.123. The van der Waals surface area contributed by atoms with Gasteiger partial charge >= 0.3 is 5.97 Å². The van der Waals surface area contributed by atoms with Crippen molar-refractivity contribution in [3.63, 3.8) is 0 Å². The fraction of sp³-hybridized carbons (Fsp3) is 0.167. The van der Waals surface area contributed by atoms with Crippen molar-refractivity contribution in [3.8, 4) is 11.5 Å². The van der Waals surface area contributed by atoms with Crippen LogP contribution in [0, 0.1) is 6.92 Å². The first-order chi connectivity index (χ1) is 17.4. The summed E-state index contributed by atoms with van der Waals surface area (Å²) in [5.41, 5.74) is 5.83. The van der Waals surface area contributed by atoms with Crippen LogP contribution in [-0.4, -0.2) is 24.7 Å². The molecule has 4 rings (SSSR count). The van der Waals surface area contributed by atoms with Crippen molar-refractivity contribution < 1.29 is 19.1 Å². The normalized spacial score (nSPS) is 11.1. The van der Waals surface area contributed by atoms with Gasteiger partial charge in [0.05, 0.1) is 11.8 Å². The van der Waals surface area contributed by atoms with Gasteiger partial charge in [0, 0.05) is 0 Å². The van der Waals surface area contributed by atoms with E-state index < -0.39 is 5.97 Å². The SMILES string of the molecule is Cc1ccc(C(C)C)cc1OCC(=O)NN=Cc1ccc(OC(=O)c2cccc3ccccc23)cc1. The van der Waals surface area contributed by atoms with Crippen LogP contribution >= 0.6 is 0 Å². The fourth-order valence-corrected chi connectivity index (χ4v) is 3.67. The summed E-state index contributed by atoms with van der Waals surface area (Å²) in [5, 5.41) is 5.80. The largest absolute Gasteiger partial charge is 0.483 e. The number of fused-ring (bicyclic) bond motifs is 1. The third-order valence-corrected chi connectivity index (χ3v) is 5.74. The monoisotopic (exact) mass is 480 g/mol. The molecule has 6 heteroatoms. The summed E-state index contributed by atoms with van der Waals surface area (Å²) >= 11 is 0. The molecule has 4 aromatic rings. The Labute approximate surface area is 210 Å². The first-order valence-corrected chi connectivity index (χ1v) is 11.8. The van der Waals surface area contributed by atoms with E-state index in [1.54, 1.807) is 30.3 Å². The molecule has 0 radical (unpaired) electrons. The Morgan fingerprint density at radius 1 is 0.944 bits per heavy atom. The van der Waals surface area contributed by atoms with Gasteiger partial charge in [0.1, 0.15) is 11.5 Å². The molecular formula is C30H28N2O4. The first-order valence-electron chi connectivity index (χ1n) is 11.8. The fourth-order valence-electron chi connectivity index (χ4n) is 3.67. The molecule has 182 valence electrons. The topological polar surface area (TPSA) is 77.0 Å². The average Bonchev–Trinajstić information content (AvgIpc) is 2.88. The van der Waals surface area contributed by atoms with Gasteiger partial charge in [-0.15, -0.1) is 0 Å². The van der Waals surface area contributed by atoms with Crippen molar-refractivity contribution in [2.24, 2.45) is 5.10 Å². The lowest BCUT2D eigenvalue weighted by Crippen LogP contribution is -2.24. The molecule has 0 bridgehead atoms. The minimum atomic E-state index is -0.422. The molecule has 0 spiro atoms. The Balaban J connectivity index is 1.30. The van der Waals surface area contributed by atoms with Gasteiger partial charge in [-0.1, -0.05) is 62.4 Å². The molecule has 0 aliphatic rings. The Hall–Kier alpha value is -4.45. The molecule has 1 amide bonds. The van der Waals surface area contributed by atoms with Gasteiger partial charge in [-0.05, 0) is 76.7 Å². The molecule has 0 heterocycles. The van der Waals surface area contributed by atoms with E-state index in [-0.39, 0.29) is 12.5 Å². The van der Waals surface area contributed by atoms with Gasteiger partial charge in [0.2, 0.25) is 0 Å². The van der Waals surface area contributed by atoms with E-state index in [1.165, 1.54) is 6.21 Å². The van der Waals surface area contributed by atoms with Crippen molar-refractivity contribution in [2.45, 2.75) is 26.7 Å². The van der Waals surface area contributed by atoms with Crippen molar-refractivity contribution in [3.05, 3.63) is 107 Å².